The van der Waals surface area contributed by atoms with Gasteiger partial charge in [-0.3, -0.25) is 4.90 Å². The zero-order valence-electron chi connectivity index (χ0n) is 14.0. The van der Waals surface area contributed by atoms with Gasteiger partial charge in [-0.1, -0.05) is 31.3 Å². The molecular formula is C17H22N4OS2. The van der Waals surface area contributed by atoms with Crippen molar-refractivity contribution in [1.82, 2.24) is 19.5 Å². The number of fused-ring (bicyclic) bond motifs is 1. The van der Waals surface area contributed by atoms with Crippen molar-refractivity contribution < 1.29 is 5.11 Å². The Kier molecular flexibility index (Phi) is 4.32. The third-order valence-electron chi connectivity index (χ3n) is 4.80. The van der Waals surface area contributed by atoms with Gasteiger partial charge < -0.3 is 5.11 Å². The maximum atomic E-state index is 10.8. The summed E-state index contributed by atoms with van der Waals surface area (Å²) in [5.41, 5.74) is 0. The Hall–Kier alpha value is -1.44. The van der Waals surface area contributed by atoms with Gasteiger partial charge in [-0.05, 0) is 43.3 Å². The second-order valence-corrected chi connectivity index (χ2v) is 8.49. The lowest BCUT2D eigenvalue weighted by atomic mass is 9.97. The number of thiophene rings is 1. The van der Waals surface area contributed by atoms with Gasteiger partial charge in [0.05, 0.1) is 10.9 Å². The third-order valence-corrected chi connectivity index (χ3v) is 6.80. The summed E-state index contributed by atoms with van der Waals surface area (Å²) in [5, 5.41) is 17.3. The Labute approximate surface area is 149 Å². The van der Waals surface area contributed by atoms with Crippen molar-refractivity contribution >= 4 is 27.6 Å². The molecule has 1 aliphatic rings. The maximum Gasteiger partial charge on any atom is 0.230 e. The van der Waals surface area contributed by atoms with E-state index in [4.69, 9.17) is 0 Å². The lowest BCUT2D eigenvalue weighted by molar-refractivity contribution is 0.159. The van der Waals surface area contributed by atoms with Crippen molar-refractivity contribution in [1.29, 1.82) is 0 Å². The predicted molar refractivity (Wildman–Crippen MR) is 98.0 cm³/mol. The number of hydrogen-bond acceptors (Lipinski definition) is 6. The van der Waals surface area contributed by atoms with Crippen LogP contribution in [0.1, 0.15) is 48.3 Å². The molecule has 1 atom stereocenters. The molecule has 1 N–H and O–H groups in total. The average Bonchev–Trinajstić information content (AvgIpc) is 3.29. The minimum absolute atomic E-state index is 0.107. The monoisotopic (exact) mass is 362 g/mol. The Morgan fingerprint density at radius 3 is 2.79 bits per heavy atom. The van der Waals surface area contributed by atoms with Crippen LogP contribution in [0.25, 0.3) is 4.96 Å². The lowest BCUT2D eigenvalue weighted by Gasteiger charge is -2.35. The molecule has 1 aliphatic heterocycles. The van der Waals surface area contributed by atoms with Crippen molar-refractivity contribution in [2.75, 3.05) is 13.1 Å². The molecule has 0 saturated carbocycles. The molecule has 0 aliphatic carbocycles. The summed E-state index contributed by atoms with van der Waals surface area (Å²) in [4.78, 5) is 10.1. The second kappa shape index (κ2) is 6.46. The molecule has 1 saturated heterocycles. The van der Waals surface area contributed by atoms with Crippen LogP contribution < -0.4 is 0 Å². The Morgan fingerprint density at radius 1 is 1.38 bits per heavy atom. The molecule has 4 rings (SSSR count). The molecule has 0 bridgehead atoms. The summed E-state index contributed by atoms with van der Waals surface area (Å²) < 4.78 is 1.60. The molecule has 1 fully saturated rings. The second-order valence-electron chi connectivity index (χ2n) is 6.50. The number of aromatic nitrogens is 3. The van der Waals surface area contributed by atoms with Crippen molar-refractivity contribution in [2.45, 2.75) is 39.2 Å². The number of rotatable bonds is 4. The van der Waals surface area contributed by atoms with Crippen molar-refractivity contribution in [2.24, 2.45) is 5.92 Å². The number of thiazole rings is 1. The van der Waals surface area contributed by atoms with Gasteiger partial charge in [0.2, 0.25) is 10.8 Å². The van der Waals surface area contributed by atoms with E-state index in [9.17, 15) is 5.11 Å². The highest BCUT2D eigenvalue weighted by Gasteiger charge is 2.31. The minimum Gasteiger partial charge on any atom is -0.492 e. The lowest BCUT2D eigenvalue weighted by Crippen LogP contribution is -2.36. The predicted octanol–water partition coefficient (Wildman–Crippen LogP) is 3.94. The Bertz CT molecular complexity index is 815. The molecule has 3 aromatic rings. The van der Waals surface area contributed by atoms with E-state index in [0.717, 1.165) is 41.1 Å². The normalized spacial score (nSPS) is 18.4. The molecule has 7 heteroatoms. The van der Waals surface area contributed by atoms with Gasteiger partial charge in [-0.15, -0.1) is 16.4 Å². The summed E-state index contributed by atoms with van der Waals surface area (Å²) in [6.45, 7) is 6.49. The molecular weight excluding hydrogens is 340 g/mol. The topological polar surface area (TPSA) is 53.7 Å². The average molecular weight is 363 g/mol. The first kappa shape index (κ1) is 16.1. The fraction of sp³-hybridized carbons (Fsp3) is 0.529. The number of likely N-dealkylation sites (tertiary alicyclic amines) is 1. The van der Waals surface area contributed by atoms with Crippen molar-refractivity contribution in [3.63, 3.8) is 0 Å². The number of hydrogen-bond donors (Lipinski definition) is 1. The standard InChI is InChI=1S/C17H22N4OS2/c1-3-13-18-17-21(19-13)16(22)15(24-17)14(12-5-4-10-23-12)20-8-6-11(2)7-9-20/h4-5,10-11,14,22H,3,6-9H2,1-2H3/t14-/m1/s1. The Morgan fingerprint density at radius 2 is 2.17 bits per heavy atom. The largest absolute Gasteiger partial charge is 0.492 e. The van der Waals surface area contributed by atoms with E-state index in [1.54, 1.807) is 27.2 Å². The highest BCUT2D eigenvalue weighted by Crippen LogP contribution is 2.42. The van der Waals surface area contributed by atoms with E-state index < -0.39 is 0 Å². The van der Waals surface area contributed by atoms with E-state index in [-0.39, 0.29) is 11.9 Å². The van der Waals surface area contributed by atoms with Gasteiger partial charge in [0.15, 0.2) is 5.82 Å². The first-order chi connectivity index (χ1) is 11.7. The van der Waals surface area contributed by atoms with Crippen LogP contribution in [0.2, 0.25) is 0 Å². The summed E-state index contributed by atoms with van der Waals surface area (Å²) in [7, 11) is 0. The van der Waals surface area contributed by atoms with Gasteiger partial charge in [0.25, 0.3) is 0 Å². The Balaban J connectivity index is 1.76. The number of aryl methyl sites for hydroxylation is 1. The summed E-state index contributed by atoms with van der Waals surface area (Å²) in [6.07, 6.45) is 3.20. The van der Waals surface area contributed by atoms with Crippen LogP contribution in [-0.4, -0.2) is 37.7 Å². The molecule has 3 aromatic heterocycles. The quantitative estimate of drug-likeness (QED) is 0.764. The van der Waals surface area contributed by atoms with Crippen LogP contribution in [-0.2, 0) is 6.42 Å². The first-order valence-electron chi connectivity index (χ1n) is 8.52. The highest BCUT2D eigenvalue weighted by molar-refractivity contribution is 7.17. The number of piperidine rings is 1. The van der Waals surface area contributed by atoms with Gasteiger partial charge in [0, 0.05) is 11.3 Å². The fourth-order valence-corrected chi connectivity index (χ4v) is 5.40. The van der Waals surface area contributed by atoms with Gasteiger partial charge in [-0.25, -0.2) is 4.98 Å². The molecule has 0 aromatic carbocycles. The third kappa shape index (κ3) is 2.74. The van der Waals surface area contributed by atoms with Crippen LogP contribution in [0.4, 0.5) is 0 Å². The summed E-state index contributed by atoms with van der Waals surface area (Å²) in [5.74, 6) is 1.81. The summed E-state index contributed by atoms with van der Waals surface area (Å²) in [6, 6.07) is 4.36. The highest BCUT2D eigenvalue weighted by atomic mass is 32.1. The van der Waals surface area contributed by atoms with Crippen molar-refractivity contribution in [3.05, 3.63) is 33.1 Å². The SMILES string of the molecule is CCc1nc2sc([C@@H](c3cccs3)N3CCC(C)CC3)c(O)n2n1. The van der Waals surface area contributed by atoms with E-state index in [2.05, 4.69) is 39.4 Å². The molecule has 4 heterocycles. The smallest absolute Gasteiger partial charge is 0.230 e. The van der Waals surface area contributed by atoms with Crippen LogP contribution >= 0.6 is 22.7 Å². The van der Waals surface area contributed by atoms with Gasteiger partial charge in [-0.2, -0.15) is 4.52 Å². The fourth-order valence-electron chi connectivity index (χ4n) is 3.33. The van der Waals surface area contributed by atoms with Crippen LogP contribution in [0.3, 0.4) is 0 Å². The van der Waals surface area contributed by atoms with Crippen LogP contribution in [0.15, 0.2) is 17.5 Å². The molecule has 0 radical (unpaired) electrons. The summed E-state index contributed by atoms with van der Waals surface area (Å²) >= 11 is 3.32. The number of aromatic hydroxyl groups is 1. The maximum absolute atomic E-state index is 10.8. The number of nitrogens with zero attached hydrogens (tertiary/aromatic N) is 4. The molecule has 128 valence electrons. The van der Waals surface area contributed by atoms with Crippen LogP contribution in [0, 0.1) is 5.92 Å². The molecule has 5 nitrogen and oxygen atoms in total. The molecule has 0 unspecified atom stereocenters. The van der Waals surface area contributed by atoms with E-state index in [1.165, 1.54) is 17.7 Å². The van der Waals surface area contributed by atoms with E-state index >= 15 is 0 Å². The van der Waals surface area contributed by atoms with Gasteiger partial charge >= 0.3 is 0 Å². The van der Waals surface area contributed by atoms with Crippen LogP contribution in [0.5, 0.6) is 5.88 Å². The zero-order chi connectivity index (χ0) is 16.7. The van der Waals surface area contributed by atoms with E-state index in [1.807, 2.05) is 6.92 Å². The molecule has 24 heavy (non-hydrogen) atoms. The molecule has 0 spiro atoms. The minimum atomic E-state index is 0.107. The van der Waals surface area contributed by atoms with Gasteiger partial charge in [0.1, 0.15) is 0 Å². The zero-order valence-corrected chi connectivity index (χ0v) is 15.6. The molecule has 0 amide bonds. The first-order valence-corrected chi connectivity index (χ1v) is 10.2. The van der Waals surface area contributed by atoms with Crippen molar-refractivity contribution in [3.8, 4) is 5.88 Å². The van der Waals surface area contributed by atoms with E-state index in [0.29, 0.717) is 0 Å².